The van der Waals surface area contributed by atoms with Crippen molar-refractivity contribution in [2.45, 2.75) is 18.8 Å². The highest BCUT2D eigenvalue weighted by Gasteiger charge is 2.20. The first-order valence-electron chi connectivity index (χ1n) is 6.90. The Hall–Kier alpha value is -1.87. The predicted octanol–water partition coefficient (Wildman–Crippen LogP) is 2.33. The van der Waals surface area contributed by atoms with E-state index in [4.69, 9.17) is 4.74 Å². The molecular weight excluding hydrogens is 253 g/mol. The van der Waals surface area contributed by atoms with E-state index in [2.05, 4.69) is 23.8 Å². The van der Waals surface area contributed by atoms with Crippen LogP contribution in [0.2, 0.25) is 0 Å². The summed E-state index contributed by atoms with van der Waals surface area (Å²) < 4.78 is 20.6. The van der Waals surface area contributed by atoms with Crippen LogP contribution in [0.25, 0.3) is 18.8 Å². The molecule has 1 aliphatic heterocycles. The van der Waals surface area contributed by atoms with Crippen molar-refractivity contribution in [2.75, 3.05) is 13.2 Å². The molecule has 0 spiro atoms. The standard InChI is InChI=1S/C17H18FNO/c1-12-11-17(14-7-9-20-10-8-14)19(13(12)2)16-5-3-15(18)4-6-16/h3-6,11,14H,1-2,7-10H2. The van der Waals surface area contributed by atoms with Crippen LogP contribution in [0.15, 0.2) is 30.3 Å². The van der Waals surface area contributed by atoms with E-state index < -0.39 is 0 Å². The van der Waals surface area contributed by atoms with Crippen molar-refractivity contribution in [1.82, 2.24) is 4.57 Å². The van der Waals surface area contributed by atoms with Crippen molar-refractivity contribution in [1.29, 1.82) is 0 Å². The lowest BCUT2D eigenvalue weighted by atomic mass is 9.96. The Kier molecular flexibility index (Phi) is 3.45. The SMILES string of the molecule is C=c1cc(C2CCOCC2)n(-c2ccc(F)cc2)c1=C. The van der Waals surface area contributed by atoms with Crippen molar-refractivity contribution >= 4 is 13.2 Å². The van der Waals surface area contributed by atoms with Crippen molar-refractivity contribution < 1.29 is 9.13 Å². The van der Waals surface area contributed by atoms with E-state index in [0.717, 1.165) is 42.3 Å². The van der Waals surface area contributed by atoms with Crippen LogP contribution in [0.1, 0.15) is 24.5 Å². The number of aromatic nitrogens is 1. The summed E-state index contributed by atoms with van der Waals surface area (Å²) in [6.07, 6.45) is 2.01. The fourth-order valence-corrected chi connectivity index (χ4v) is 2.81. The van der Waals surface area contributed by atoms with Gasteiger partial charge in [0.1, 0.15) is 5.82 Å². The van der Waals surface area contributed by atoms with Gasteiger partial charge in [0, 0.05) is 35.9 Å². The third-order valence-electron chi connectivity index (χ3n) is 3.95. The molecule has 0 aliphatic carbocycles. The van der Waals surface area contributed by atoms with Gasteiger partial charge in [-0.1, -0.05) is 13.2 Å². The van der Waals surface area contributed by atoms with Gasteiger partial charge in [0.15, 0.2) is 0 Å². The monoisotopic (exact) mass is 271 g/mol. The number of hydrogen-bond acceptors (Lipinski definition) is 1. The minimum Gasteiger partial charge on any atom is -0.381 e. The zero-order valence-corrected chi connectivity index (χ0v) is 11.4. The van der Waals surface area contributed by atoms with Crippen LogP contribution >= 0.6 is 0 Å². The maximum atomic E-state index is 13.1. The van der Waals surface area contributed by atoms with Crippen LogP contribution in [0.4, 0.5) is 4.39 Å². The zero-order valence-electron chi connectivity index (χ0n) is 11.4. The van der Waals surface area contributed by atoms with Crippen molar-refractivity contribution in [3.05, 3.63) is 52.4 Å². The molecule has 20 heavy (non-hydrogen) atoms. The van der Waals surface area contributed by atoms with Gasteiger partial charge < -0.3 is 9.30 Å². The summed E-state index contributed by atoms with van der Waals surface area (Å²) in [5.74, 6) is 0.221. The van der Waals surface area contributed by atoms with Crippen LogP contribution in [-0.2, 0) is 4.74 Å². The number of rotatable bonds is 2. The highest BCUT2D eigenvalue weighted by atomic mass is 19.1. The molecule has 1 saturated heterocycles. The number of benzene rings is 1. The summed E-state index contributed by atoms with van der Waals surface area (Å²) >= 11 is 0. The average Bonchev–Trinajstić information content (AvgIpc) is 2.77. The highest BCUT2D eigenvalue weighted by molar-refractivity contribution is 5.38. The maximum absolute atomic E-state index is 13.1. The molecule has 0 unspecified atom stereocenters. The van der Waals surface area contributed by atoms with E-state index in [1.165, 1.54) is 17.8 Å². The lowest BCUT2D eigenvalue weighted by Crippen LogP contribution is -2.26. The van der Waals surface area contributed by atoms with Gasteiger partial charge in [0.2, 0.25) is 0 Å². The topological polar surface area (TPSA) is 14.2 Å². The smallest absolute Gasteiger partial charge is 0.123 e. The van der Waals surface area contributed by atoms with Crippen LogP contribution < -0.4 is 10.6 Å². The Balaban J connectivity index is 2.11. The quantitative estimate of drug-likeness (QED) is 0.817. The predicted molar refractivity (Wildman–Crippen MR) is 78.8 cm³/mol. The molecule has 1 aliphatic rings. The summed E-state index contributed by atoms with van der Waals surface area (Å²) in [6, 6.07) is 8.62. The molecule has 0 saturated carbocycles. The number of halogens is 1. The maximum Gasteiger partial charge on any atom is 0.123 e. The first-order valence-corrected chi connectivity index (χ1v) is 6.90. The molecule has 1 aromatic carbocycles. The largest absolute Gasteiger partial charge is 0.381 e. The molecule has 0 radical (unpaired) electrons. The fourth-order valence-electron chi connectivity index (χ4n) is 2.81. The Morgan fingerprint density at radius 1 is 1.10 bits per heavy atom. The molecule has 0 N–H and O–H groups in total. The molecule has 104 valence electrons. The molecule has 2 nitrogen and oxygen atoms in total. The van der Waals surface area contributed by atoms with E-state index in [-0.39, 0.29) is 5.82 Å². The number of nitrogens with zero attached hydrogens (tertiary/aromatic N) is 1. The lowest BCUT2D eigenvalue weighted by Gasteiger charge is -2.24. The van der Waals surface area contributed by atoms with E-state index in [9.17, 15) is 4.39 Å². The summed E-state index contributed by atoms with van der Waals surface area (Å²) in [5.41, 5.74) is 2.14. The van der Waals surface area contributed by atoms with Gasteiger partial charge in [-0.3, -0.25) is 0 Å². The van der Waals surface area contributed by atoms with Crippen molar-refractivity contribution in [3.8, 4) is 5.69 Å². The molecule has 2 aromatic rings. The molecule has 3 rings (SSSR count). The molecule has 0 atom stereocenters. The third kappa shape index (κ3) is 2.29. The van der Waals surface area contributed by atoms with Crippen molar-refractivity contribution in [3.63, 3.8) is 0 Å². The van der Waals surface area contributed by atoms with Crippen LogP contribution in [0.5, 0.6) is 0 Å². The minimum atomic E-state index is -0.228. The van der Waals surface area contributed by atoms with E-state index in [0.29, 0.717) is 5.92 Å². The van der Waals surface area contributed by atoms with Gasteiger partial charge in [-0.2, -0.15) is 0 Å². The second-order valence-electron chi connectivity index (χ2n) is 5.24. The normalized spacial score (nSPS) is 16.4. The number of ether oxygens (including phenoxy) is 1. The van der Waals surface area contributed by atoms with Crippen LogP contribution in [0, 0.1) is 5.82 Å². The Bertz CT molecular complexity index is 696. The third-order valence-corrected chi connectivity index (χ3v) is 3.95. The molecule has 3 heteroatoms. The summed E-state index contributed by atoms with van der Waals surface area (Å²) in [5, 5.41) is 1.80. The summed E-state index contributed by atoms with van der Waals surface area (Å²) in [7, 11) is 0. The Morgan fingerprint density at radius 2 is 1.75 bits per heavy atom. The summed E-state index contributed by atoms with van der Waals surface area (Å²) in [6.45, 7) is 9.74. The van der Waals surface area contributed by atoms with E-state index >= 15 is 0 Å². The second kappa shape index (κ2) is 5.25. The Morgan fingerprint density at radius 3 is 2.40 bits per heavy atom. The minimum absolute atomic E-state index is 0.228. The van der Waals surface area contributed by atoms with Crippen LogP contribution in [0.3, 0.4) is 0 Å². The second-order valence-corrected chi connectivity index (χ2v) is 5.24. The van der Waals surface area contributed by atoms with E-state index in [1.807, 2.05) is 0 Å². The molecular formula is C17H18FNO. The van der Waals surface area contributed by atoms with Gasteiger partial charge in [0.25, 0.3) is 0 Å². The van der Waals surface area contributed by atoms with Crippen LogP contribution in [-0.4, -0.2) is 17.8 Å². The van der Waals surface area contributed by atoms with Gasteiger partial charge in [-0.15, -0.1) is 0 Å². The van der Waals surface area contributed by atoms with Crippen molar-refractivity contribution in [2.24, 2.45) is 0 Å². The molecule has 2 heterocycles. The molecule has 1 fully saturated rings. The van der Waals surface area contributed by atoms with Gasteiger partial charge in [0.05, 0.1) is 0 Å². The zero-order chi connectivity index (χ0) is 14.1. The molecule has 0 amide bonds. The molecule has 0 bridgehead atoms. The van der Waals surface area contributed by atoms with Gasteiger partial charge >= 0.3 is 0 Å². The lowest BCUT2D eigenvalue weighted by molar-refractivity contribution is 0.0841. The summed E-state index contributed by atoms with van der Waals surface area (Å²) in [4.78, 5) is 0. The van der Waals surface area contributed by atoms with E-state index in [1.54, 1.807) is 12.1 Å². The average molecular weight is 271 g/mol. The fraction of sp³-hybridized carbons (Fsp3) is 0.294. The molecule has 1 aromatic heterocycles. The first kappa shape index (κ1) is 13.1. The van der Waals surface area contributed by atoms with Gasteiger partial charge in [-0.05, 0) is 48.4 Å². The highest BCUT2D eigenvalue weighted by Crippen LogP contribution is 2.27. The van der Waals surface area contributed by atoms with Gasteiger partial charge in [-0.25, -0.2) is 4.39 Å². The Labute approximate surface area is 117 Å². The number of hydrogen-bond donors (Lipinski definition) is 0. The first-order chi connectivity index (χ1) is 9.66.